The van der Waals surface area contributed by atoms with E-state index in [0.717, 1.165) is 33.8 Å². The number of nitrogens with zero attached hydrogens (tertiary/aromatic N) is 4. The summed E-state index contributed by atoms with van der Waals surface area (Å²) < 4.78 is 7.11. The first-order chi connectivity index (χ1) is 47.2. The Morgan fingerprint density at radius 2 is 0.639 bits per heavy atom. The van der Waals surface area contributed by atoms with Gasteiger partial charge in [0.15, 0.2) is 0 Å². The van der Waals surface area contributed by atoms with E-state index in [-0.39, 0.29) is 16.2 Å². The van der Waals surface area contributed by atoms with Gasteiger partial charge in [0.05, 0.1) is 33.1 Å². The van der Waals surface area contributed by atoms with Crippen LogP contribution in [0.5, 0.6) is 0 Å². The minimum Gasteiger partial charge on any atom is -0.310 e. The molecule has 0 unspecified atom stereocenters. The molecule has 0 N–H and O–H groups in total. The summed E-state index contributed by atoms with van der Waals surface area (Å²) in [6.07, 6.45) is 5.78. The van der Waals surface area contributed by atoms with Crippen LogP contribution in [0.3, 0.4) is 0 Å². The van der Waals surface area contributed by atoms with E-state index in [1.165, 1.54) is 155 Å². The first kappa shape index (κ1) is 56.8. The van der Waals surface area contributed by atoms with Gasteiger partial charge in [-0.05, 0) is 216 Å². The van der Waals surface area contributed by atoms with Crippen LogP contribution in [0.1, 0.15) is 74.9 Å². The average Bonchev–Trinajstić information content (AvgIpc) is 1.47. The molecule has 4 heteroatoms. The van der Waals surface area contributed by atoms with E-state index >= 15 is 0 Å². The average molecular weight is 1240 g/mol. The predicted octanol–water partition coefficient (Wildman–Crippen LogP) is 24.9. The van der Waals surface area contributed by atoms with Crippen molar-refractivity contribution in [1.82, 2.24) is 13.7 Å². The lowest BCUT2D eigenvalue weighted by Gasteiger charge is -2.31. The number of fused-ring (bicyclic) bond motifs is 18. The van der Waals surface area contributed by atoms with E-state index in [0.29, 0.717) is 0 Å². The zero-order valence-corrected chi connectivity index (χ0v) is 55.4. The summed E-state index contributed by atoms with van der Waals surface area (Å²) in [5.74, 6) is 0. The molecule has 0 amide bonds. The van der Waals surface area contributed by atoms with E-state index in [4.69, 9.17) is 0 Å². The highest BCUT2D eigenvalue weighted by molar-refractivity contribution is 6.13. The second kappa shape index (κ2) is 20.6. The zero-order chi connectivity index (χ0) is 65.4. The second-order valence-electron chi connectivity index (χ2n) is 28.6. The summed E-state index contributed by atoms with van der Waals surface area (Å²) in [5.41, 5.74) is 33.4. The highest BCUT2D eigenvalue weighted by Gasteiger charge is 2.41. The predicted molar refractivity (Wildman–Crippen MR) is 411 cm³/mol. The normalized spacial score (nSPS) is 14.4. The number of aromatic nitrogens is 3. The van der Waals surface area contributed by atoms with Gasteiger partial charge in [-0.25, -0.2) is 0 Å². The van der Waals surface area contributed by atoms with Crippen molar-refractivity contribution >= 4 is 88.2 Å². The van der Waals surface area contributed by atoms with Crippen molar-refractivity contribution in [3.8, 4) is 67.0 Å². The Bertz CT molecular complexity index is 6090. The van der Waals surface area contributed by atoms with Crippen LogP contribution < -0.4 is 4.90 Å². The number of para-hydroxylation sites is 5. The van der Waals surface area contributed by atoms with Crippen molar-refractivity contribution in [3.63, 3.8) is 0 Å². The minimum atomic E-state index is -0.309. The van der Waals surface area contributed by atoms with E-state index in [9.17, 15) is 0 Å². The Balaban J connectivity index is 0.722. The van der Waals surface area contributed by atoms with Gasteiger partial charge in [0, 0.05) is 82.7 Å². The summed E-state index contributed by atoms with van der Waals surface area (Å²) in [6.45, 7) is 22.9. The molecule has 97 heavy (non-hydrogen) atoms. The standard InChI is InChI=1S/C93H70N4/c1-9-10-22-57(2)94-85-29-18-16-27-75(85)77-49-58(35-47-89(77)94)60-33-41-67-69-43-37-63(53-81(69)91(3,4)79(67)51-60)95(65-39-45-71-72-46-40-66(56-84(72)93(7,8)83(71)55-65)97-86-30-19-14-25-73(86)74-26-15-20-31-87(74)97)64-38-44-70-68-42-34-61(52-80(68)92(5,6)82(70)54-64)59-36-48-90-78(50-59)76-28-17-21-32-88(76)96(90)62-23-12-11-13-24-62/h9-56H,1-2H2,3-8H3. The third-order valence-corrected chi connectivity index (χ3v) is 22.3. The maximum Gasteiger partial charge on any atom is 0.0541 e. The van der Waals surface area contributed by atoms with Crippen LogP contribution >= 0.6 is 0 Å². The van der Waals surface area contributed by atoms with Crippen LogP contribution in [0.4, 0.5) is 17.1 Å². The fraction of sp³-hybridized carbons (Fsp3) is 0.0968. The maximum absolute atomic E-state index is 4.47. The third kappa shape index (κ3) is 8.17. The second-order valence-corrected chi connectivity index (χ2v) is 28.6. The molecule has 16 aromatic rings. The number of anilines is 3. The zero-order valence-electron chi connectivity index (χ0n) is 55.4. The van der Waals surface area contributed by atoms with E-state index in [1.807, 2.05) is 12.2 Å². The van der Waals surface area contributed by atoms with Gasteiger partial charge in [-0.3, -0.25) is 0 Å². The minimum absolute atomic E-state index is 0.302. The van der Waals surface area contributed by atoms with E-state index in [1.54, 1.807) is 6.08 Å². The molecule has 0 saturated heterocycles. The van der Waals surface area contributed by atoms with E-state index in [2.05, 4.69) is 346 Å². The third-order valence-electron chi connectivity index (χ3n) is 22.3. The molecule has 0 spiro atoms. The molecule has 0 aliphatic heterocycles. The lowest BCUT2D eigenvalue weighted by molar-refractivity contribution is 0.659. The molecule has 3 aliphatic carbocycles. The van der Waals surface area contributed by atoms with Crippen LogP contribution in [0, 0.1) is 0 Å². The van der Waals surface area contributed by atoms with Crippen molar-refractivity contribution < 1.29 is 0 Å². The lowest BCUT2D eigenvalue weighted by atomic mass is 9.81. The molecule has 0 saturated carbocycles. The molecule has 19 rings (SSSR count). The Labute approximate surface area is 565 Å². The molecule has 0 radical (unpaired) electrons. The first-order valence-electron chi connectivity index (χ1n) is 34.0. The summed E-state index contributed by atoms with van der Waals surface area (Å²) in [5, 5.41) is 7.47. The van der Waals surface area contributed by atoms with Gasteiger partial charge < -0.3 is 18.6 Å². The molecule has 0 bridgehead atoms. The van der Waals surface area contributed by atoms with Crippen molar-refractivity contribution in [2.45, 2.75) is 57.8 Å². The Hall–Kier alpha value is -11.7. The fourth-order valence-electron chi connectivity index (χ4n) is 17.5. The molecule has 0 atom stereocenters. The van der Waals surface area contributed by atoms with E-state index < -0.39 is 0 Å². The van der Waals surface area contributed by atoms with Crippen LogP contribution in [-0.2, 0) is 16.2 Å². The van der Waals surface area contributed by atoms with Gasteiger partial charge in [-0.1, -0.05) is 219 Å². The summed E-state index contributed by atoms with van der Waals surface area (Å²) in [7, 11) is 0. The number of hydrogen-bond acceptors (Lipinski definition) is 1. The monoisotopic (exact) mass is 1240 g/mol. The highest BCUT2D eigenvalue weighted by Crippen LogP contribution is 2.57. The highest BCUT2D eigenvalue weighted by atomic mass is 15.1. The number of hydrogen-bond donors (Lipinski definition) is 0. The van der Waals surface area contributed by atoms with Crippen molar-refractivity contribution in [2.75, 3.05) is 4.90 Å². The van der Waals surface area contributed by atoms with Gasteiger partial charge in [0.25, 0.3) is 0 Å². The summed E-state index contributed by atoms with van der Waals surface area (Å²) >= 11 is 0. The molecule has 3 heterocycles. The van der Waals surface area contributed by atoms with Crippen LogP contribution in [0.2, 0.25) is 0 Å². The fourth-order valence-corrected chi connectivity index (χ4v) is 17.5. The van der Waals surface area contributed by atoms with Gasteiger partial charge in [0.1, 0.15) is 0 Å². The smallest absolute Gasteiger partial charge is 0.0541 e. The molecule has 462 valence electrons. The van der Waals surface area contributed by atoms with Crippen molar-refractivity contribution in [2.24, 2.45) is 0 Å². The molecule has 13 aromatic carbocycles. The largest absolute Gasteiger partial charge is 0.310 e. The van der Waals surface area contributed by atoms with Gasteiger partial charge >= 0.3 is 0 Å². The Kier molecular flexibility index (Phi) is 12.1. The van der Waals surface area contributed by atoms with Gasteiger partial charge in [-0.15, -0.1) is 0 Å². The molecular formula is C93H70N4. The van der Waals surface area contributed by atoms with Crippen LogP contribution in [0.15, 0.2) is 304 Å². The topological polar surface area (TPSA) is 18.0 Å². The van der Waals surface area contributed by atoms with Crippen molar-refractivity contribution in [3.05, 3.63) is 338 Å². The summed E-state index contributed by atoms with van der Waals surface area (Å²) in [4.78, 5) is 2.55. The van der Waals surface area contributed by atoms with Gasteiger partial charge in [-0.2, -0.15) is 0 Å². The van der Waals surface area contributed by atoms with Crippen LogP contribution in [0.25, 0.3) is 138 Å². The van der Waals surface area contributed by atoms with Gasteiger partial charge in [0.2, 0.25) is 0 Å². The molecule has 4 nitrogen and oxygen atoms in total. The maximum atomic E-state index is 4.47. The first-order valence-corrected chi connectivity index (χ1v) is 34.0. The van der Waals surface area contributed by atoms with Crippen LogP contribution in [-0.4, -0.2) is 13.7 Å². The Morgan fingerprint density at radius 3 is 1.12 bits per heavy atom. The molecular weight excluding hydrogens is 1170 g/mol. The number of rotatable bonds is 10. The number of allylic oxidation sites excluding steroid dienone is 4. The molecule has 3 aliphatic rings. The molecule has 0 fully saturated rings. The summed E-state index contributed by atoms with van der Waals surface area (Å²) in [6, 6.07) is 103. The quantitative estimate of drug-likeness (QED) is 0.125. The Morgan fingerprint density at radius 1 is 0.309 bits per heavy atom. The van der Waals surface area contributed by atoms with Crippen molar-refractivity contribution in [1.29, 1.82) is 0 Å². The lowest BCUT2D eigenvalue weighted by Crippen LogP contribution is -2.19. The molecule has 3 aromatic heterocycles. The SMILES string of the molecule is C=CC=CC(=C)n1c2ccccc2c2cc(-c3ccc4c(c3)C(C)(C)c3cc(N(c5ccc6c(c5)C(C)(C)c5cc(-c7ccc8c(c7)c7ccccc7n8-c7ccccc7)ccc5-6)c5ccc6c(c5)C(C)(C)c5cc(-n7c8ccccc8c8ccccc87)ccc5-6)ccc3-4)ccc21. The number of benzene rings is 13.